The van der Waals surface area contributed by atoms with E-state index in [-0.39, 0.29) is 5.41 Å². The maximum Gasteiger partial charge on any atom is 0.0979 e. The molecule has 0 N–H and O–H groups in total. The molecule has 0 saturated heterocycles. The van der Waals surface area contributed by atoms with Gasteiger partial charge in [-0.2, -0.15) is 0 Å². The van der Waals surface area contributed by atoms with Crippen LogP contribution in [-0.2, 0) is 18.3 Å². The fraction of sp³-hybridized carbons (Fsp3) is 0.137. The molecule has 8 aromatic rings. The first-order valence-electron chi connectivity index (χ1n) is 18.7. The molecule has 0 amide bonds. The molecular formula is C51H40N2. The van der Waals surface area contributed by atoms with Crippen LogP contribution >= 0.6 is 0 Å². The van der Waals surface area contributed by atoms with Gasteiger partial charge in [0, 0.05) is 22.3 Å². The van der Waals surface area contributed by atoms with Crippen LogP contribution in [0.4, 0.5) is 0 Å². The van der Waals surface area contributed by atoms with Gasteiger partial charge in [-0.25, -0.2) is 9.97 Å². The minimum absolute atomic E-state index is 0.116. The standard InChI is InChI=1S/C51H40N2/c1-31-15-19-41-36(25-31)28-37-26-34(16-20-42(37)41)45-23-24-46(35-17-21-43-38(27-35)29-39-30-40(51(2,3)4)18-22-44(39)43)50-49(45)52-47(32-11-7-5-8-12-32)48(53-50)33-13-9-6-10-14-33/h5-27,30H,28-29H2,1-4H3. The van der Waals surface area contributed by atoms with Gasteiger partial charge in [0.15, 0.2) is 0 Å². The van der Waals surface area contributed by atoms with Gasteiger partial charge in [0.2, 0.25) is 0 Å². The first-order chi connectivity index (χ1) is 25.8. The van der Waals surface area contributed by atoms with E-state index in [1.807, 2.05) is 0 Å². The molecule has 2 aliphatic carbocycles. The van der Waals surface area contributed by atoms with E-state index in [1.165, 1.54) is 66.8 Å². The van der Waals surface area contributed by atoms with Crippen molar-refractivity contribution in [3.63, 3.8) is 0 Å². The zero-order chi connectivity index (χ0) is 35.8. The molecule has 2 nitrogen and oxygen atoms in total. The molecule has 0 spiro atoms. The van der Waals surface area contributed by atoms with Crippen molar-refractivity contribution in [1.29, 1.82) is 0 Å². The number of fused-ring (bicyclic) bond motifs is 7. The summed E-state index contributed by atoms with van der Waals surface area (Å²) in [4.78, 5) is 11.2. The van der Waals surface area contributed by atoms with E-state index < -0.39 is 0 Å². The quantitative estimate of drug-likeness (QED) is 0.185. The summed E-state index contributed by atoms with van der Waals surface area (Å²) in [5.74, 6) is 0. The second-order valence-electron chi connectivity index (χ2n) is 15.9. The third kappa shape index (κ3) is 5.32. The van der Waals surface area contributed by atoms with Gasteiger partial charge in [-0.15, -0.1) is 0 Å². The Morgan fingerprint density at radius 1 is 0.396 bits per heavy atom. The summed E-state index contributed by atoms with van der Waals surface area (Å²) in [7, 11) is 0. The van der Waals surface area contributed by atoms with E-state index in [1.54, 1.807) is 0 Å². The van der Waals surface area contributed by atoms with Gasteiger partial charge in [-0.1, -0.05) is 172 Å². The summed E-state index contributed by atoms with van der Waals surface area (Å²) in [6.45, 7) is 9.05. The van der Waals surface area contributed by atoms with E-state index in [0.717, 1.165) is 57.5 Å². The summed E-state index contributed by atoms with van der Waals surface area (Å²) in [6.07, 6.45) is 1.89. The molecule has 2 aliphatic rings. The van der Waals surface area contributed by atoms with E-state index in [4.69, 9.17) is 9.97 Å². The minimum atomic E-state index is 0.116. The molecule has 10 rings (SSSR count). The summed E-state index contributed by atoms with van der Waals surface area (Å²) in [5.41, 5.74) is 24.0. The number of nitrogens with zero attached hydrogens (tertiary/aromatic N) is 2. The van der Waals surface area contributed by atoms with Gasteiger partial charge in [-0.05, 0) is 86.4 Å². The van der Waals surface area contributed by atoms with E-state index in [9.17, 15) is 0 Å². The smallest absolute Gasteiger partial charge is 0.0979 e. The SMILES string of the molecule is Cc1ccc2c(c1)Cc1cc(-c3ccc(-c4ccc5c(c4)Cc4cc(C(C)(C)C)ccc4-5)c4nc(-c5ccccc5)c(-c5ccccc5)nc34)ccc1-2. The molecule has 0 aliphatic heterocycles. The minimum Gasteiger partial charge on any atom is -0.243 e. The number of benzene rings is 7. The number of aryl methyl sites for hydroxylation is 1. The first kappa shape index (κ1) is 31.6. The van der Waals surface area contributed by atoms with Crippen LogP contribution in [0.5, 0.6) is 0 Å². The van der Waals surface area contributed by atoms with Crippen molar-refractivity contribution >= 4 is 11.0 Å². The molecule has 7 aromatic carbocycles. The molecular weight excluding hydrogens is 641 g/mol. The second kappa shape index (κ2) is 12.0. The lowest BCUT2D eigenvalue weighted by molar-refractivity contribution is 0.590. The molecule has 0 unspecified atom stereocenters. The maximum absolute atomic E-state index is 5.61. The number of rotatable bonds is 4. The highest BCUT2D eigenvalue weighted by molar-refractivity contribution is 6.03. The van der Waals surface area contributed by atoms with Crippen molar-refractivity contribution in [3.8, 4) is 67.0 Å². The van der Waals surface area contributed by atoms with Gasteiger partial charge in [0.25, 0.3) is 0 Å². The van der Waals surface area contributed by atoms with Crippen LogP contribution in [-0.4, -0.2) is 9.97 Å². The van der Waals surface area contributed by atoms with Crippen LogP contribution in [0.15, 0.2) is 146 Å². The Balaban J connectivity index is 1.17. The van der Waals surface area contributed by atoms with Gasteiger partial charge in [-0.3, -0.25) is 0 Å². The topological polar surface area (TPSA) is 25.8 Å². The lowest BCUT2D eigenvalue weighted by atomic mass is 9.85. The van der Waals surface area contributed by atoms with Crippen molar-refractivity contribution in [3.05, 3.63) is 179 Å². The zero-order valence-corrected chi connectivity index (χ0v) is 30.7. The molecule has 0 saturated carbocycles. The molecule has 53 heavy (non-hydrogen) atoms. The average molecular weight is 681 g/mol. The Labute approximate surface area is 311 Å². The largest absolute Gasteiger partial charge is 0.243 e. The van der Waals surface area contributed by atoms with Crippen LogP contribution in [0.25, 0.3) is 78.1 Å². The predicted molar refractivity (Wildman–Crippen MR) is 221 cm³/mol. The highest BCUT2D eigenvalue weighted by Gasteiger charge is 2.25. The van der Waals surface area contributed by atoms with Crippen LogP contribution < -0.4 is 0 Å². The monoisotopic (exact) mass is 680 g/mol. The van der Waals surface area contributed by atoms with Crippen LogP contribution in [0.1, 0.15) is 54.2 Å². The number of hydrogen-bond acceptors (Lipinski definition) is 2. The third-order valence-corrected chi connectivity index (χ3v) is 11.3. The Bertz CT molecular complexity index is 2750. The molecule has 2 heteroatoms. The Morgan fingerprint density at radius 2 is 0.811 bits per heavy atom. The van der Waals surface area contributed by atoms with Crippen molar-refractivity contribution in [2.75, 3.05) is 0 Å². The second-order valence-corrected chi connectivity index (χ2v) is 15.9. The lowest BCUT2D eigenvalue weighted by Gasteiger charge is -2.20. The van der Waals surface area contributed by atoms with Gasteiger partial charge < -0.3 is 0 Å². The predicted octanol–water partition coefficient (Wildman–Crippen LogP) is 13.0. The third-order valence-electron chi connectivity index (χ3n) is 11.3. The first-order valence-corrected chi connectivity index (χ1v) is 18.7. The molecule has 0 fully saturated rings. The normalized spacial score (nSPS) is 12.8. The summed E-state index contributed by atoms with van der Waals surface area (Å²) in [6, 6.07) is 53.4. The van der Waals surface area contributed by atoms with Gasteiger partial charge in [0.1, 0.15) is 0 Å². The lowest BCUT2D eigenvalue weighted by Crippen LogP contribution is -2.11. The van der Waals surface area contributed by atoms with Crippen molar-refractivity contribution in [2.45, 2.75) is 46.0 Å². The van der Waals surface area contributed by atoms with Gasteiger partial charge >= 0.3 is 0 Å². The molecule has 1 aromatic heterocycles. The fourth-order valence-corrected chi connectivity index (χ4v) is 8.55. The summed E-state index contributed by atoms with van der Waals surface area (Å²) in [5, 5.41) is 0. The Hall–Kier alpha value is -6.12. The molecule has 254 valence electrons. The van der Waals surface area contributed by atoms with E-state index in [0.29, 0.717) is 0 Å². The summed E-state index contributed by atoms with van der Waals surface area (Å²) >= 11 is 0. The maximum atomic E-state index is 5.61. The van der Waals surface area contributed by atoms with E-state index >= 15 is 0 Å². The van der Waals surface area contributed by atoms with Crippen molar-refractivity contribution in [2.24, 2.45) is 0 Å². The highest BCUT2D eigenvalue weighted by Crippen LogP contribution is 2.45. The van der Waals surface area contributed by atoms with Crippen molar-refractivity contribution < 1.29 is 0 Å². The average Bonchev–Trinajstić information content (AvgIpc) is 3.73. The van der Waals surface area contributed by atoms with Crippen molar-refractivity contribution in [1.82, 2.24) is 9.97 Å². The molecule has 0 atom stereocenters. The fourth-order valence-electron chi connectivity index (χ4n) is 8.55. The molecule has 0 radical (unpaired) electrons. The molecule has 1 heterocycles. The zero-order valence-electron chi connectivity index (χ0n) is 30.7. The number of aromatic nitrogens is 2. The molecule has 0 bridgehead atoms. The number of hydrogen-bond donors (Lipinski definition) is 0. The highest BCUT2D eigenvalue weighted by atomic mass is 14.8. The Morgan fingerprint density at radius 3 is 1.30 bits per heavy atom. The van der Waals surface area contributed by atoms with E-state index in [2.05, 4.69) is 173 Å². The van der Waals surface area contributed by atoms with Crippen LogP contribution in [0.2, 0.25) is 0 Å². The van der Waals surface area contributed by atoms with Gasteiger partial charge in [0.05, 0.1) is 22.4 Å². The van der Waals surface area contributed by atoms with Crippen LogP contribution in [0.3, 0.4) is 0 Å². The van der Waals surface area contributed by atoms with Crippen LogP contribution in [0, 0.1) is 6.92 Å². The Kier molecular flexibility index (Phi) is 7.14. The summed E-state index contributed by atoms with van der Waals surface area (Å²) < 4.78 is 0.